The van der Waals surface area contributed by atoms with Gasteiger partial charge in [-0.25, -0.2) is 0 Å². The van der Waals surface area contributed by atoms with Gasteiger partial charge >= 0.3 is 0 Å². The summed E-state index contributed by atoms with van der Waals surface area (Å²) < 4.78 is 0. The molecule has 2 aliphatic rings. The van der Waals surface area contributed by atoms with Gasteiger partial charge in [-0.05, 0) is 30.6 Å². The van der Waals surface area contributed by atoms with Crippen molar-refractivity contribution in [2.24, 2.45) is 11.1 Å². The number of benzene rings is 1. The van der Waals surface area contributed by atoms with E-state index in [0.29, 0.717) is 0 Å². The molecule has 0 saturated carbocycles. The number of primary amides is 1. The summed E-state index contributed by atoms with van der Waals surface area (Å²) in [6, 6.07) is 8.09. The SMILES string of the molecule is CCCC1(CCC)C=CC=C2Sc3ccccc3C(C(N)=O)=C21. The van der Waals surface area contributed by atoms with E-state index in [-0.39, 0.29) is 11.3 Å². The molecule has 1 amide bonds. The van der Waals surface area contributed by atoms with Crippen molar-refractivity contribution in [3.8, 4) is 0 Å². The second-order valence-electron chi connectivity index (χ2n) is 6.26. The highest BCUT2D eigenvalue weighted by atomic mass is 32.2. The summed E-state index contributed by atoms with van der Waals surface area (Å²) in [6.07, 6.45) is 10.8. The molecule has 1 aliphatic heterocycles. The first-order valence-electron chi connectivity index (χ1n) is 8.34. The van der Waals surface area contributed by atoms with Gasteiger partial charge in [0.05, 0.1) is 5.57 Å². The average Bonchev–Trinajstić information content (AvgIpc) is 2.53. The summed E-state index contributed by atoms with van der Waals surface area (Å²) in [6.45, 7) is 4.41. The fourth-order valence-corrected chi connectivity index (χ4v) is 5.11. The highest BCUT2D eigenvalue weighted by Gasteiger charge is 2.40. The highest BCUT2D eigenvalue weighted by Crippen LogP contribution is 2.55. The number of rotatable bonds is 5. The fourth-order valence-electron chi connectivity index (χ4n) is 3.89. The minimum atomic E-state index is -0.314. The van der Waals surface area contributed by atoms with E-state index in [1.54, 1.807) is 11.8 Å². The van der Waals surface area contributed by atoms with Crippen LogP contribution in [0.3, 0.4) is 0 Å². The Balaban J connectivity index is 2.30. The number of fused-ring (bicyclic) bond motifs is 2. The first kappa shape index (κ1) is 16.1. The van der Waals surface area contributed by atoms with Crippen molar-refractivity contribution in [2.45, 2.75) is 44.4 Å². The molecule has 3 rings (SSSR count). The Hall–Kier alpha value is -1.74. The standard InChI is InChI=1S/C20H23NOS/c1-3-11-20(12-4-2)13-7-10-16-18(20)17(19(21)22)14-8-5-6-9-15(14)23-16/h5-10,13H,3-4,11-12H2,1-2H3,(H2,21,22). The second-order valence-corrected chi connectivity index (χ2v) is 7.34. The molecule has 0 unspecified atom stereocenters. The maximum atomic E-state index is 12.4. The molecule has 0 bridgehead atoms. The van der Waals surface area contributed by atoms with Crippen LogP contribution in [0.2, 0.25) is 0 Å². The smallest absolute Gasteiger partial charge is 0.249 e. The summed E-state index contributed by atoms with van der Waals surface area (Å²) >= 11 is 1.76. The van der Waals surface area contributed by atoms with E-state index < -0.39 is 0 Å². The summed E-state index contributed by atoms with van der Waals surface area (Å²) in [4.78, 5) is 14.7. The van der Waals surface area contributed by atoms with Crippen LogP contribution in [0.25, 0.3) is 5.57 Å². The van der Waals surface area contributed by atoms with Gasteiger partial charge in [-0.3, -0.25) is 4.79 Å². The van der Waals surface area contributed by atoms with Crippen molar-refractivity contribution < 1.29 is 4.79 Å². The molecule has 0 radical (unpaired) electrons. The number of allylic oxidation sites excluding steroid dienone is 4. The molecule has 2 N–H and O–H groups in total. The summed E-state index contributed by atoms with van der Waals surface area (Å²) in [5, 5.41) is 0. The first-order chi connectivity index (χ1) is 11.1. The molecule has 0 saturated heterocycles. The lowest BCUT2D eigenvalue weighted by Gasteiger charge is -2.40. The number of carbonyl (C=O) groups excluding carboxylic acids is 1. The van der Waals surface area contributed by atoms with Crippen LogP contribution in [0.4, 0.5) is 0 Å². The van der Waals surface area contributed by atoms with Crippen molar-refractivity contribution in [2.75, 3.05) is 0 Å². The predicted molar refractivity (Wildman–Crippen MR) is 97.9 cm³/mol. The minimum Gasteiger partial charge on any atom is -0.366 e. The van der Waals surface area contributed by atoms with E-state index in [4.69, 9.17) is 5.73 Å². The lowest BCUT2D eigenvalue weighted by Crippen LogP contribution is -2.29. The molecule has 0 fully saturated rings. The van der Waals surface area contributed by atoms with Gasteiger partial charge in [0.25, 0.3) is 0 Å². The van der Waals surface area contributed by atoms with E-state index in [2.05, 4.69) is 38.1 Å². The Morgan fingerprint density at radius 3 is 2.52 bits per heavy atom. The van der Waals surface area contributed by atoms with Crippen LogP contribution in [0.5, 0.6) is 0 Å². The first-order valence-corrected chi connectivity index (χ1v) is 9.16. The Kier molecular flexibility index (Phi) is 4.49. The lowest BCUT2D eigenvalue weighted by atomic mass is 9.68. The van der Waals surface area contributed by atoms with Crippen LogP contribution in [-0.4, -0.2) is 5.91 Å². The minimum absolute atomic E-state index is 0.0710. The van der Waals surface area contributed by atoms with Crippen LogP contribution in [0, 0.1) is 5.41 Å². The number of carbonyl (C=O) groups is 1. The number of hydrogen-bond acceptors (Lipinski definition) is 2. The molecule has 1 aromatic rings. The molecule has 1 aliphatic carbocycles. The van der Waals surface area contributed by atoms with E-state index in [1.165, 1.54) is 4.91 Å². The van der Waals surface area contributed by atoms with Crippen molar-refractivity contribution in [3.05, 3.63) is 58.5 Å². The van der Waals surface area contributed by atoms with Crippen LogP contribution in [0.15, 0.2) is 57.9 Å². The van der Waals surface area contributed by atoms with Gasteiger partial charge in [0.2, 0.25) is 5.91 Å². The Morgan fingerprint density at radius 2 is 1.87 bits per heavy atom. The lowest BCUT2D eigenvalue weighted by molar-refractivity contribution is -0.112. The van der Waals surface area contributed by atoms with Crippen LogP contribution in [0.1, 0.15) is 45.1 Å². The van der Waals surface area contributed by atoms with Crippen molar-refractivity contribution >= 4 is 23.2 Å². The molecule has 0 atom stereocenters. The zero-order valence-electron chi connectivity index (χ0n) is 13.8. The topological polar surface area (TPSA) is 43.1 Å². The molecular formula is C20H23NOS. The van der Waals surface area contributed by atoms with E-state index in [9.17, 15) is 4.79 Å². The molecule has 120 valence electrons. The van der Waals surface area contributed by atoms with Gasteiger partial charge in [0.1, 0.15) is 0 Å². The van der Waals surface area contributed by atoms with Gasteiger partial charge in [-0.2, -0.15) is 0 Å². The monoisotopic (exact) mass is 325 g/mol. The number of amides is 1. The second kappa shape index (κ2) is 6.40. The molecule has 0 spiro atoms. The molecular weight excluding hydrogens is 302 g/mol. The number of nitrogens with two attached hydrogens (primary N) is 1. The molecule has 2 nitrogen and oxygen atoms in total. The predicted octanol–water partition coefficient (Wildman–Crippen LogP) is 5.07. The maximum absolute atomic E-state index is 12.4. The molecule has 0 aromatic heterocycles. The van der Waals surface area contributed by atoms with E-state index >= 15 is 0 Å². The summed E-state index contributed by atoms with van der Waals surface area (Å²) in [5.74, 6) is -0.314. The van der Waals surface area contributed by atoms with Gasteiger partial charge in [0.15, 0.2) is 0 Å². The summed E-state index contributed by atoms with van der Waals surface area (Å²) in [7, 11) is 0. The van der Waals surface area contributed by atoms with Gasteiger partial charge in [0, 0.05) is 20.8 Å². The van der Waals surface area contributed by atoms with Crippen molar-refractivity contribution in [1.29, 1.82) is 0 Å². The van der Waals surface area contributed by atoms with Gasteiger partial charge in [-0.15, -0.1) is 0 Å². The summed E-state index contributed by atoms with van der Waals surface area (Å²) in [5.41, 5.74) is 8.64. The molecule has 1 aromatic carbocycles. The third kappa shape index (κ3) is 2.67. The molecule has 23 heavy (non-hydrogen) atoms. The fraction of sp³-hybridized carbons (Fsp3) is 0.350. The average molecular weight is 325 g/mol. The van der Waals surface area contributed by atoms with Crippen LogP contribution < -0.4 is 5.73 Å². The molecule has 1 heterocycles. The van der Waals surface area contributed by atoms with Crippen LogP contribution in [-0.2, 0) is 4.79 Å². The third-order valence-electron chi connectivity index (χ3n) is 4.67. The maximum Gasteiger partial charge on any atom is 0.249 e. The Morgan fingerprint density at radius 1 is 1.17 bits per heavy atom. The van der Waals surface area contributed by atoms with Crippen molar-refractivity contribution in [1.82, 2.24) is 0 Å². The van der Waals surface area contributed by atoms with Crippen molar-refractivity contribution in [3.63, 3.8) is 0 Å². The highest BCUT2D eigenvalue weighted by molar-refractivity contribution is 8.03. The number of hydrogen-bond donors (Lipinski definition) is 1. The Labute approximate surface area is 142 Å². The zero-order valence-corrected chi connectivity index (χ0v) is 14.6. The van der Waals surface area contributed by atoms with Gasteiger partial charge in [-0.1, -0.05) is 68.8 Å². The van der Waals surface area contributed by atoms with Crippen LogP contribution >= 0.6 is 11.8 Å². The third-order valence-corrected chi connectivity index (χ3v) is 5.81. The normalized spacial score (nSPS) is 18.3. The quantitative estimate of drug-likeness (QED) is 0.821. The molecule has 3 heteroatoms. The zero-order chi connectivity index (χ0) is 16.4. The van der Waals surface area contributed by atoms with E-state index in [0.717, 1.165) is 47.3 Å². The van der Waals surface area contributed by atoms with E-state index in [1.807, 2.05) is 18.2 Å². The largest absolute Gasteiger partial charge is 0.366 e. The Bertz CT molecular complexity index is 721. The number of thioether (sulfide) groups is 1. The van der Waals surface area contributed by atoms with Gasteiger partial charge < -0.3 is 5.73 Å².